The molecule has 0 aromatic heterocycles. The summed E-state index contributed by atoms with van der Waals surface area (Å²) >= 11 is 2.27. The van der Waals surface area contributed by atoms with E-state index < -0.39 is 0 Å². The van der Waals surface area contributed by atoms with Crippen LogP contribution in [-0.2, 0) is 0 Å². The van der Waals surface area contributed by atoms with Gasteiger partial charge < -0.3 is 0 Å². The highest BCUT2D eigenvalue weighted by molar-refractivity contribution is 14.1. The molecule has 0 N–H and O–H groups in total. The van der Waals surface area contributed by atoms with Gasteiger partial charge in [-0.15, -0.1) is 9.24 Å². The van der Waals surface area contributed by atoms with Crippen molar-refractivity contribution in [2.24, 2.45) is 4.99 Å². The summed E-state index contributed by atoms with van der Waals surface area (Å²) in [5.41, 5.74) is 1.01. The van der Waals surface area contributed by atoms with Crippen LogP contribution in [0.4, 0.5) is 0 Å². The molecule has 0 radical (unpaired) electrons. The lowest BCUT2D eigenvalue weighted by atomic mass is 10.5. The molecule has 0 aliphatic rings. The van der Waals surface area contributed by atoms with E-state index in [9.17, 15) is 0 Å². The lowest BCUT2D eigenvalue weighted by molar-refractivity contribution is 1.46. The zero-order chi connectivity index (χ0) is 7.44. The molecule has 0 heterocycles. The number of aliphatic imine (C=N–C) groups is 1. The van der Waals surface area contributed by atoms with Crippen LogP contribution in [0.25, 0.3) is 0 Å². The Kier molecular flexibility index (Phi) is 5.29. The van der Waals surface area contributed by atoms with E-state index in [0.717, 1.165) is 5.45 Å². The molecule has 0 spiro atoms. The average molecular weight is 273 g/mol. The van der Waals surface area contributed by atoms with Gasteiger partial charge in [-0.25, -0.2) is 0 Å². The van der Waals surface area contributed by atoms with Crippen LogP contribution in [0.15, 0.2) is 13.9 Å². The summed E-state index contributed by atoms with van der Waals surface area (Å²) in [4.78, 5) is 4.01. The number of halogens is 1. The van der Waals surface area contributed by atoms with Crippen molar-refractivity contribution in [1.82, 2.24) is 0 Å². The van der Waals surface area contributed by atoms with Crippen molar-refractivity contribution >= 4 is 46.5 Å². The van der Waals surface area contributed by atoms with Crippen molar-refractivity contribution in [1.29, 1.82) is 0 Å². The van der Waals surface area contributed by atoms with Crippen LogP contribution in [0.2, 0.25) is 0 Å². The second kappa shape index (κ2) is 4.76. The Labute approximate surface area is 74.3 Å². The summed E-state index contributed by atoms with van der Waals surface area (Å²) in [5.74, 6) is 0. The molecule has 2 unspecified atom stereocenters. The largest absolute Gasteiger partial charge is 0.288 e. The third-order valence-corrected chi connectivity index (χ3v) is 3.69. The van der Waals surface area contributed by atoms with Crippen LogP contribution in [0.1, 0.15) is 6.92 Å². The number of hydrogen-bond donors (Lipinski definition) is 0. The zero-order valence-electron chi connectivity index (χ0n) is 5.48. The Morgan fingerprint density at radius 3 is 2.00 bits per heavy atom. The summed E-state index contributed by atoms with van der Waals surface area (Å²) < 4.78 is 1.26. The predicted molar refractivity (Wildman–Crippen MR) is 59.5 cm³/mol. The van der Waals surface area contributed by atoms with E-state index in [0.29, 0.717) is 0 Å². The maximum atomic E-state index is 4.01. The van der Waals surface area contributed by atoms with E-state index in [1.807, 2.05) is 0 Å². The molecule has 0 fully saturated rings. The minimum Gasteiger partial charge on any atom is -0.288 e. The quantitative estimate of drug-likeness (QED) is 0.395. The Hall–Kier alpha value is 1.00. The van der Waals surface area contributed by atoms with Crippen LogP contribution >= 0.6 is 41.1 Å². The van der Waals surface area contributed by atoms with Gasteiger partial charge in [0.1, 0.15) is 0 Å². The standard InChI is InChI=1S/C5H10INP2/c1-3(6)4(8)5(9)7-2/h8-9H2,1-2H3/b4-3-,7-5?. The molecule has 4 heteroatoms. The molecule has 2 atom stereocenters. The van der Waals surface area contributed by atoms with Gasteiger partial charge in [-0.2, -0.15) is 0 Å². The molecular weight excluding hydrogens is 263 g/mol. The van der Waals surface area contributed by atoms with Crippen LogP contribution in [-0.4, -0.2) is 12.5 Å². The highest BCUT2D eigenvalue weighted by Gasteiger charge is 1.95. The second-order valence-corrected chi connectivity index (χ2v) is 4.30. The molecule has 0 aromatic carbocycles. The molecule has 0 aliphatic heterocycles. The minimum absolute atomic E-state index is 1.01. The van der Waals surface area contributed by atoms with E-state index in [1.54, 1.807) is 7.05 Å². The zero-order valence-corrected chi connectivity index (χ0v) is 9.95. The fraction of sp³-hybridized carbons (Fsp3) is 0.400. The van der Waals surface area contributed by atoms with Crippen molar-refractivity contribution in [3.63, 3.8) is 0 Å². The van der Waals surface area contributed by atoms with Crippen LogP contribution in [0, 0.1) is 0 Å². The lowest BCUT2D eigenvalue weighted by Crippen LogP contribution is -1.84. The lowest BCUT2D eigenvalue weighted by Gasteiger charge is -1.98. The van der Waals surface area contributed by atoms with E-state index >= 15 is 0 Å². The van der Waals surface area contributed by atoms with Gasteiger partial charge in [0.2, 0.25) is 0 Å². The number of hydrogen-bond acceptors (Lipinski definition) is 1. The van der Waals surface area contributed by atoms with Gasteiger partial charge in [-0.1, -0.05) is 9.24 Å². The third-order valence-electron chi connectivity index (χ3n) is 0.888. The molecule has 1 nitrogen and oxygen atoms in total. The van der Waals surface area contributed by atoms with Crippen LogP contribution in [0.3, 0.4) is 0 Å². The van der Waals surface area contributed by atoms with Gasteiger partial charge >= 0.3 is 0 Å². The molecule has 0 rings (SSSR count). The van der Waals surface area contributed by atoms with Gasteiger partial charge in [0.15, 0.2) is 0 Å². The van der Waals surface area contributed by atoms with Crippen molar-refractivity contribution in [3.8, 4) is 0 Å². The fourth-order valence-corrected chi connectivity index (χ4v) is 1.21. The van der Waals surface area contributed by atoms with E-state index in [4.69, 9.17) is 0 Å². The van der Waals surface area contributed by atoms with E-state index in [-0.39, 0.29) is 0 Å². The molecule has 0 saturated heterocycles. The first kappa shape index (κ1) is 10.0. The Bertz CT molecular complexity index is 158. The van der Waals surface area contributed by atoms with Crippen LogP contribution < -0.4 is 0 Å². The summed E-state index contributed by atoms with van der Waals surface area (Å²) in [6.45, 7) is 2.05. The number of allylic oxidation sites excluding steroid dienone is 2. The second-order valence-electron chi connectivity index (χ2n) is 1.56. The molecule has 0 saturated carbocycles. The van der Waals surface area contributed by atoms with Gasteiger partial charge in [0.25, 0.3) is 0 Å². The average Bonchev–Trinajstić information content (AvgIpc) is 1.84. The van der Waals surface area contributed by atoms with Gasteiger partial charge in [0.05, 0.1) is 5.45 Å². The van der Waals surface area contributed by atoms with Crippen LogP contribution in [0.5, 0.6) is 0 Å². The van der Waals surface area contributed by atoms with Crippen molar-refractivity contribution in [2.45, 2.75) is 6.92 Å². The Balaban J connectivity index is 4.40. The molecule has 0 aliphatic carbocycles. The number of nitrogens with zero attached hydrogens (tertiary/aromatic N) is 1. The highest BCUT2D eigenvalue weighted by Crippen LogP contribution is 2.21. The molecule has 0 amide bonds. The Morgan fingerprint density at radius 2 is 1.89 bits per heavy atom. The van der Waals surface area contributed by atoms with E-state index in [2.05, 4.69) is 53.0 Å². The SMILES string of the molecule is CN=C(P)/C(P)=C(\C)I. The molecular formula is C5H10INP2. The number of rotatable bonds is 1. The maximum absolute atomic E-state index is 4.01. The fourth-order valence-electron chi connectivity index (χ4n) is 0.297. The van der Waals surface area contributed by atoms with Crippen molar-refractivity contribution in [3.05, 3.63) is 8.89 Å². The normalized spacial score (nSPS) is 15.4. The first-order valence-electron chi connectivity index (χ1n) is 2.44. The monoisotopic (exact) mass is 273 g/mol. The summed E-state index contributed by atoms with van der Waals surface area (Å²) in [6, 6.07) is 0. The summed E-state index contributed by atoms with van der Waals surface area (Å²) in [7, 11) is 7.02. The van der Waals surface area contributed by atoms with Crippen molar-refractivity contribution in [2.75, 3.05) is 7.05 Å². The molecule has 0 bridgehead atoms. The Morgan fingerprint density at radius 1 is 1.44 bits per heavy atom. The maximum Gasteiger partial charge on any atom is 0.0588 e. The van der Waals surface area contributed by atoms with Gasteiger partial charge in [0, 0.05) is 12.4 Å². The van der Waals surface area contributed by atoms with Crippen molar-refractivity contribution < 1.29 is 0 Å². The first-order valence-corrected chi connectivity index (χ1v) is 4.67. The molecule has 52 valence electrons. The minimum atomic E-state index is 1.01. The molecule has 0 aromatic rings. The third kappa shape index (κ3) is 3.64. The van der Waals surface area contributed by atoms with E-state index in [1.165, 1.54) is 8.89 Å². The molecule has 9 heavy (non-hydrogen) atoms. The predicted octanol–water partition coefficient (Wildman–Crippen LogP) is 2.43. The smallest absolute Gasteiger partial charge is 0.0588 e. The van der Waals surface area contributed by atoms with Gasteiger partial charge in [-0.3, -0.25) is 4.99 Å². The topological polar surface area (TPSA) is 12.4 Å². The van der Waals surface area contributed by atoms with Gasteiger partial charge in [-0.05, 0) is 33.1 Å². The first-order chi connectivity index (χ1) is 4.09. The summed E-state index contributed by atoms with van der Waals surface area (Å²) in [6.07, 6.45) is 0. The summed E-state index contributed by atoms with van der Waals surface area (Å²) in [5, 5.41) is 1.17. The highest BCUT2D eigenvalue weighted by atomic mass is 127.